The second-order valence-electron chi connectivity index (χ2n) is 6.64. The molecule has 0 unspecified atom stereocenters. The summed E-state index contributed by atoms with van der Waals surface area (Å²) in [5, 5.41) is 6.20. The monoisotopic (exact) mass is 422 g/mol. The van der Waals surface area contributed by atoms with Gasteiger partial charge >= 0.3 is 0 Å². The molecule has 0 saturated carbocycles. The third kappa shape index (κ3) is 4.52. The van der Waals surface area contributed by atoms with Gasteiger partial charge in [0.05, 0.1) is 17.3 Å². The number of imidazole rings is 1. The zero-order valence-electron chi connectivity index (χ0n) is 16.0. The van der Waals surface area contributed by atoms with Crippen molar-refractivity contribution in [1.29, 1.82) is 0 Å². The Hall–Kier alpha value is -3.58. The fraction of sp³-hybridized carbons (Fsp3) is 0.136. The summed E-state index contributed by atoms with van der Waals surface area (Å²) in [5.41, 5.74) is 2.27. The molecule has 2 aromatic heterocycles. The lowest BCUT2D eigenvalue weighted by molar-refractivity contribution is -0.116. The molecule has 152 valence electrons. The number of benzene rings is 2. The molecule has 2 heterocycles. The third-order valence-corrected chi connectivity index (χ3v) is 4.76. The maximum atomic E-state index is 12.6. The smallest absolute Gasteiger partial charge is 0.286 e. The van der Waals surface area contributed by atoms with Gasteiger partial charge in [-0.25, -0.2) is 4.98 Å². The van der Waals surface area contributed by atoms with Crippen LogP contribution in [0.2, 0.25) is 5.02 Å². The SMILES string of the molecule is O=C(Cn1c(CCNC(=O)c2ccco2)nc2ccccc21)Nc1cccc(Cl)c1. The number of amides is 2. The minimum atomic E-state index is -0.290. The highest BCUT2D eigenvalue weighted by atomic mass is 35.5. The van der Waals surface area contributed by atoms with E-state index in [1.54, 1.807) is 36.4 Å². The van der Waals surface area contributed by atoms with Crippen LogP contribution in [-0.2, 0) is 17.8 Å². The van der Waals surface area contributed by atoms with Gasteiger partial charge in [-0.3, -0.25) is 9.59 Å². The molecule has 4 aromatic rings. The standard InChI is InChI=1S/C22H19ClN4O3/c23-15-5-3-6-16(13-15)25-21(28)14-27-18-8-2-1-7-17(18)26-20(27)10-11-24-22(29)19-9-4-12-30-19/h1-9,12-13H,10-11,14H2,(H,24,29)(H,25,28). The average molecular weight is 423 g/mol. The van der Waals surface area contributed by atoms with Crippen molar-refractivity contribution in [2.45, 2.75) is 13.0 Å². The van der Waals surface area contributed by atoms with Crippen LogP contribution in [0.15, 0.2) is 71.3 Å². The Kier molecular flexibility index (Phi) is 5.81. The molecule has 0 saturated heterocycles. The molecule has 0 aliphatic carbocycles. The Bertz CT molecular complexity index is 1180. The topological polar surface area (TPSA) is 89.2 Å². The number of nitrogens with zero attached hydrogens (tertiary/aromatic N) is 2. The summed E-state index contributed by atoms with van der Waals surface area (Å²) in [6.45, 7) is 0.452. The van der Waals surface area contributed by atoms with E-state index < -0.39 is 0 Å². The molecule has 2 aromatic carbocycles. The molecule has 0 bridgehead atoms. The van der Waals surface area contributed by atoms with Crippen LogP contribution in [0.3, 0.4) is 0 Å². The van der Waals surface area contributed by atoms with Crippen LogP contribution in [0.1, 0.15) is 16.4 Å². The largest absolute Gasteiger partial charge is 0.459 e. The Morgan fingerprint density at radius 2 is 1.93 bits per heavy atom. The molecule has 4 rings (SSSR count). The van der Waals surface area contributed by atoms with Gasteiger partial charge in [-0.2, -0.15) is 0 Å². The first-order chi connectivity index (χ1) is 14.6. The van der Waals surface area contributed by atoms with Gasteiger partial charge in [-0.15, -0.1) is 0 Å². The average Bonchev–Trinajstić information content (AvgIpc) is 3.37. The summed E-state index contributed by atoms with van der Waals surface area (Å²) in [6.07, 6.45) is 1.92. The summed E-state index contributed by atoms with van der Waals surface area (Å²) < 4.78 is 6.95. The van der Waals surface area contributed by atoms with E-state index in [4.69, 9.17) is 16.0 Å². The van der Waals surface area contributed by atoms with Crippen LogP contribution in [0.5, 0.6) is 0 Å². The maximum Gasteiger partial charge on any atom is 0.286 e. The van der Waals surface area contributed by atoms with E-state index in [-0.39, 0.29) is 24.1 Å². The molecule has 2 N–H and O–H groups in total. The van der Waals surface area contributed by atoms with Crippen molar-refractivity contribution < 1.29 is 14.0 Å². The summed E-state index contributed by atoms with van der Waals surface area (Å²) in [6, 6.07) is 17.9. The second kappa shape index (κ2) is 8.84. The van der Waals surface area contributed by atoms with Gasteiger partial charge in [-0.1, -0.05) is 29.8 Å². The number of rotatable bonds is 7. The van der Waals surface area contributed by atoms with Gasteiger partial charge in [-0.05, 0) is 42.5 Å². The lowest BCUT2D eigenvalue weighted by Crippen LogP contribution is -2.27. The fourth-order valence-corrected chi connectivity index (χ4v) is 3.38. The lowest BCUT2D eigenvalue weighted by atomic mass is 10.3. The van der Waals surface area contributed by atoms with Crippen molar-refractivity contribution in [3.8, 4) is 0 Å². The Labute approximate surface area is 177 Å². The van der Waals surface area contributed by atoms with Crippen molar-refractivity contribution in [3.05, 3.63) is 83.5 Å². The van der Waals surface area contributed by atoms with E-state index >= 15 is 0 Å². The molecule has 0 spiro atoms. The quantitative estimate of drug-likeness (QED) is 0.472. The highest BCUT2D eigenvalue weighted by Crippen LogP contribution is 2.18. The van der Waals surface area contributed by atoms with E-state index in [0.717, 1.165) is 11.0 Å². The highest BCUT2D eigenvalue weighted by molar-refractivity contribution is 6.30. The molecule has 30 heavy (non-hydrogen) atoms. The van der Waals surface area contributed by atoms with Crippen molar-refractivity contribution in [2.24, 2.45) is 0 Å². The third-order valence-electron chi connectivity index (χ3n) is 4.52. The van der Waals surface area contributed by atoms with Gasteiger partial charge in [0.1, 0.15) is 12.4 Å². The molecule has 0 aliphatic rings. The van der Waals surface area contributed by atoms with E-state index in [0.29, 0.717) is 29.5 Å². The van der Waals surface area contributed by atoms with Crippen LogP contribution < -0.4 is 10.6 Å². The number of halogens is 1. The molecule has 8 heteroatoms. The Balaban J connectivity index is 1.48. The number of para-hydroxylation sites is 2. The minimum Gasteiger partial charge on any atom is -0.459 e. The molecule has 0 aliphatic heterocycles. The molecule has 0 atom stereocenters. The summed E-state index contributed by atoms with van der Waals surface area (Å²) in [4.78, 5) is 29.3. The fourth-order valence-electron chi connectivity index (χ4n) is 3.19. The van der Waals surface area contributed by atoms with E-state index in [1.165, 1.54) is 6.26 Å². The van der Waals surface area contributed by atoms with Crippen molar-refractivity contribution in [1.82, 2.24) is 14.9 Å². The van der Waals surface area contributed by atoms with Crippen LogP contribution in [0, 0.1) is 0 Å². The van der Waals surface area contributed by atoms with Gasteiger partial charge in [0.25, 0.3) is 5.91 Å². The molecule has 7 nitrogen and oxygen atoms in total. The van der Waals surface area contributed by atoms with E-state index in [9.17, 15) is 9.59 Å². The van der Waals surface area contributed by atoms with Gasteiger partial charge < -0.3 is 19.6 Å². The van der Waals surface area contributed by atoms with Crippen molar-refractivity contribution >= 4 is 40.1 Å². The number of furan rings is 1. The normalized spacial score (nSPS) is 10.8. The van der Waals surface area contributed by atoms with Crippen molar-refractivity contribution in [3.63, 3.8) is 0 Å². The van der Waals surface area contributed by atoms with Crippen LogP contribution in [0.25, 0.3) is 11.0 Å². The predicted molar refractivity (Wildman–Crippen MR) is 115 cm³/mol. The number of carbonyl (C=O) groups is 2. The first-order valence-corrected chi connectivity index (χ1v) is 9.79. The number of nitrogens with one attached hydrogen (secondary N) is 2. The number of anilines is 1. The molecular formula is C22H19ClN4O3. The lowest BCUT2D eigenvalue weighted by Gasteiger charge is -2.11. The highest BCUT2D eigenvalue weighted by Gasteiger charge is 2.15. The van der Waals surface area contributed by atoms with Gasteiger partial charge in [0.2, 0.25) is 5.91 Å². The summed E-state index contributed by atoms with van der Waals surface area (Å²) >= 11 is 5.99. The summed E-state index contributed by atoms with van der Waals surface area (Å²) in [5.74, 6) is 0.476. The minimum absolute atomic E-state index is 0.0918. The van der Waals surface area contributed by atoms with Crippen LogP contribution >= 0.6 is 11.6 Å². The Morgan fingerprint density at radius 1 is 1.07 bits per heavy atom. The van der Waals surface area contributed by atoms with E-state index in [1.807, 2.05) is 28.8 Å². The van der Waals surface area contributed by atoms with Gasteiger partial charge in [0.15, 0.2) is 5.76 Å². The number of aromatic nitrogens is 2. The number of hydrogen-bond donors (Lipinski definition) is 2. The zero-order chi connectivity index (χ0) is 20.9. The Morgan fingerprint density at radius 3 is 2.73 bits per heavy atom. The number of fused-ring (bicyclic) bond motifs is 1. The predicted octanol–water partition coefficient (Wildman–Crippen LogP) is 3.89. The summed E-state index contributed by atoms with van der Waals surface area (Å²) in [7, 11) is 0. The maximum absolute atomic E-state index is 12.6. The molecule has 2 amide bonds. The second-order valence-corrected chi connectivity index (χ2v) is 7.08. The van der Waals surface area contributed by atoms with Crippen LogP contribution in [0.4, 0.5) is 5.69 Å². The van der Waals surface area contributed by atoms with Gasteiger partial charge in [0, 0.05) is 23.7 Å². The molecule has 0 radical (unpaired) electrons. The van der Waals surface area contributed by atoms with Crippen LogP contribution in [-0.4, -0.2) is 27.9 Å². The van der Waals surface area contributed by atoms with Crippen molar-refractivity contribution in [2.75, 3.05) is 11.9 Å². The molecular weight excluding hydrogens is 404 g/mol. The number of carbonyl (C=O) groups excluding carboxylic acids is 2. The first kappa shape index (κ1) is 19.7. The first-order valence-electron chi connectivity index (χ1n) is 9.41. The molecule has 0 fully saturated rings. The number of hydrogen-bond acceptors (Lipinski definition) is 4. The zero-order valence-corrected chi connectivity index (χ0v) is 16.7. The van der Waals surface area contributed by atoms with E-state index in [2.05, 4.69) is 15.6 Å².